The van der Waals surface area contributed by atoms with Crippen molar-refractivity contribution in [3.63, 3.8) is 0 Å². The van der Waals surface area contributed by atoms with Gasteiger partial charge in [-0.15, -0.1) is 0 Å². The van der Waals surface area contributed by atoms with Gasteiger partial charge in [-0.2, -0.15) is 0 Å². The van der Waals surface area contributed by atoms with Crippen LogP contribution < -0.4 is 16.0 Å². The number of hydrogen-bond acceptors (Lipinski definition) is 2. The molecule has 124 valence electrons. The number of rotatable bonds is 5. The van der Waals surface area contributed by atoms with E-state index < -0.39 is 0 Å². The number of carbonyl (C=O) groups is 2. The molecule has 1 aliphatic carbocycles. The quantitative estimate of drug-likeness (QED) is 0.702. The highest BCUT2D eigenvalue weighted by molar-refractivity contribution is 6.34. The Hall–Kier alpha value is -2.01. The van der Waals surface area contributed by atoms with E-state index in [1.807, 2.05) is 0 Å². The van der Waals surface area contributed by atoms with E-state index in [2.05, 4.69) is 22.0 Å². The van der Waals surface area contributed by atoms with Crippen LogP contribution in [0.25, 0.3) is 0 Å². The van der Waals surface area contributed by atoms with E-state index in [-0.39, 0.29) is 11.9 Å². The van der Waals surface area contributed by atoms with Crippen molar-refractivity contribution in [1.82, 2.24) is 5.32 Å². The number of benzene rings is 1. The molecule has 1 aliphatic rings. The molecule has 0 bridgehead atoms. The molecule has 3 amide bonds. The summed E-state index contributed by atoms with van der Waals surface area (Å²) in [5, 5.41) is 8.56. The summed E-state index contributed by atoms with van der Waals surface area (Å²) >= 11 is 6.11. The fourth-order valence-electron chi connectivity index (χ4n) is 2.53. The molecule has 3 N–H and O–H groups in total. The smallest absolute Gasteiger partial charge is 0.319 e. The molecule has 6 heteroatoms. The van der Waals surface area contributed by atoms with Gasteiger partial charge in [0.1, 0.15) is 0 Å². The Labute approximate surface area is 141 Å². The van der Waals surface area contributed by atoms with Gasteiger partial charge in [0.25, 0.3) is 0 Å². The summed E-state index contributed by atoms with van der Waals surface area (Å²) in [5.74, 6) is -0.170. The van der Waals surface area contributed by atoms with Gasteiger partial charge in [-0.1, -0.05) is 23.3 Å². The van der Waals surface area contributed by atoms with Crippen LogP contribution in [0.2, 0.25) is 5.02 Å². The van der Waals surface area contributed by atoms with Crippen LogP contribution in [0.15, 0.2) is 29.8 Å². The summed E-state index contributed by atoms with van der Waals surface area (Å²) in [6, 6.07) is 4.67. The van der Waals surface area contributed by atoms with Crippen molar-refractivity contribution in [2.75, 3.05) is 17.2 Å². The van der Waals surface area contributed by atoms with Gasteiger partial charge >= 0.3 is 6.03 Å². The minimum absolute atomic E-state index is 0.170. The molecule has 0 saturated heterocycles. The van der Waals surface area contributed by atoms with Crippen molar-refractivity contribution in [2.24, 2.45) is 0 Å². The summed E-state index contributed by atoms with van der Waals surface area (Å²) in [7, 11) is 0. The highest BCUT2D eigenvalue weighted by Crippen LogP contribution is 2.25. The topological polar surface area (TPSA) is 70.2 Å². The zero-order chi connectivity index (χ0) is 16.7. The van der Waals surface area contributed by atoms with Crippen LogP contribution in [0, 0.1) is 0 Å². The van der Waals surface area contributed by atoms with Crippen LogP contribution >= 0.6 is 11.6 Å². The number of amides is 3. The number of allylic oxidation sites excluding steroid dienone is 1. The normalized spacial score (nSPS) is 13.9. The number of carbonyl (C=O) groups excluding carboxylic acids is 2. The van der Waals surface area contributed by atoms with Crippen LogP contribution in [-0.2, 0) is 4.79 Å². The number of urea groups is 1. The maximum atomic E-state index is 11.9. The molecular weight excluding hydrogens is 314 g/mol. The Balaban J connectivity index is 1.80. The van der Waals surface area contributed by atoms with E-state index in [9.17, 15) is 9.59 Å². The number of nitrogens with one attached hydrogen (secondary N) is 3. The summed E-state index contributed by atoms with van der Waals surface area (Å²) in [4.78, 5) is 22.9. The molecule has 23 heavy (non-hydrogen) atoms. The lowest BCUT2D eigenvalue weighted by Gasteiger charge is -2.14. The zero-order valence-electron chi connectivity index (χ0n) is 13.2. The summed E-state index contributed by atoms with van der Waals surface area (Å²) in [6.07, 6.45) is 7.97. The van der Waals surface area contributed by atoms with E-state index in [1.54, 1.807) is 18.2 Å². The second-order valence-corrected chi connectivity index (χ2v) is 6.02. The molecule has 1 aromatic carbocycles. The minimum atomic E-state index is -0.282. The molecule has 0 radical (unpaired) electrons. The van der Waals surface area contributed by atoms with Crippen LogP contribution in [0.3, 0.4) is 0 Å². The lowest BCUT2D eigenvalue weighted by atomic mass is 9.97. The van der Waals surface area contributed by atoms with E-state index in [0.29, 0.717) is 22.9 Å². The number of anilines is 2. The fourth-order valence-corrected chi connectivity index (χ4v) is 2.76. The van der Waals surface area contributed by atoms with Crippen molar-refractivity contribution >= 4 is 34.9 Å². The van der Waals surface area contributed by atoms with Crippen molar-refractivity contribution in [3.05, 3.63) is 34.9 Å². The van der Waals surface area contributed by atoms with Gasteiger partial charge in [0.15, 0.2) is 0 Å². The Morgan fingerprint density at radius 1 is 1.22 bits per heavy atom. The molecule has 1 aromatic rings. The van der Waals surface area contributed by atoms with Crippen LogP contribution in [-0.4, -0.2) is 18.5 Å². The fraction of sp³-hybridized carbons (Fsp3) is 0.412. The predicted molar refractivity (Wildman–Crippen MR) is 93.9 cm³/mol. The molecule has 0 atom stereocenters. The first-order valence-corrected chi connectivity index (χ1v) is 8.22. The number of hydrogen-bond donors (Lipinski definition) is 3. The van der Waals surface area contributed by atoms with Crippen LogP contribution in [0.4, 0.5) is 16.2 Å². The van der Waals surface area contributed by atoms with Gasteiger partial charge in [-0.3, -0.25) is 4.79 Å². The maximum absolute atomic E-state index is 11.9. The summed E-state index contributed by atoms with van der Waals surface area (Å²) in [5.41, 5.74) is 2.53. The largest absolute Gasteiger partial charge is 0.338 e. The standard InChI is InChI=1S/C17H22ClN3O2/c1-12(22)20-14-7-8-16(15(18)11-14)21-17(23)19-10-9-13-5-3-2-4-6-13/h5,7-8,11H,2-4,6,9-10H2,1H3,(H,20,22)(H2,19,21,23). The number of halogens is 1. The molecule has 5 nitrogen and oxygen atoms in total. The van der Waals surface area contributed by atoms with E-state index >= 15 is 0 Å². The lowest BCUT2D eigenvalue weighted by molar-refractivity contribution is -0.114. The Bertz CT molecular complexity index is 614. The van der Waals surface area contributed by atoms with Gasteiger partial charge in [-0.25, -0.2) is 4.79 Å². The molecule has 0 aromatic heterocycles. The van der Waals surface area contributed by atoms with Gasteiger partial charge in [-0.05, 0) is 50.3 Å². The molecule has 0 unspecified atom stereocenters. The van der Waals surface area contributed by atoms with Crippen molar-refractivity contribution in [3.8, 4) is 0 Å². The second kappa shape index (κ2) is 8.58. The van der Waals surface area contributed by atoms with Gasteiger partial charge in [0.05, 0.1) is 10.7 Å². The first-order chi connectivity index (χ1) is 11.0. The average molecular weight is 336 g/mol. The van der Waals surface area contributed by atoms with Crippen molar-refractivity contribution < 1.29 is 9.59 Å². The third kappa shape index (κ3) is 5.94. The molecule has 0 saturated carbocycles. The molecule has 2 rings (SSSR count). The second-order valence-electron chi connectivity index (χ2n) is 5.61. The van der Waals surface area contributed by atoms with E-state index in [1.165, 1.54) is 25.3 Å². The van der Waals surface area contributed by atoms with Crippen LogP contribution in [0.5, 0.6) is 0 Å². The zero-order valence-corrected chi connectivity index (χ0v) is 14.0. The highest BCUT2D eigenvalue weighted by Gasteiger charge is 2.08. The van der Waals surface area contributed by atoms with Gasteiger partial charge < -0.3 is 16.0 Å². The molecule has 0 aliphatic heterocycles. The molecule has 0 heterocycles. The third-order valence-corrected chi connectivity index (χ3v) is 3.97. The first-order valence-electron chi connectivity index (χ1n) is 7.84. The highest BCUT2D eigenvalue weighted by atomic mass is 35.5. The molecule has 0 spiro atoms. The van der Waals surface area contributed by atoms with Gasteiger partial charge in [0.2, 0.25) is 5.91 Å². The van der Waals surface area contributed by atoms with Crippen molar-refractivity contribution in [2.45, 2.75) is 39.0 Å². The summed E-state index contributed by atoms with van der Waals surface area (Å²) < 4.78 is 0. The Morgan fingerprint density at radius 3 is 2.70 bits per heavy atom. The Morgan fingerprint density at radius 2 is 2.04 bits per heavy atom. The maximum Gasteiger partial charge on any atom is 0.319 e. The van der Waals surface area contributed by atoms with E-state index in [0.717, 1.165) is 19.3 Å². The Kier molecular flexibility index (Phi) is 6.47. The van der Waals surface area contributed by atoms with Crippen molar-refractivity contribution in [1.29, 1.82) is 0 Å². The van der Waals surface area contributed by atoms with Crippen LogP contribution in [0.1, 0.15) is 39.0 Å². The molecule has 0 fully saturated rings. The SMILES string of the molecule is CC(=O)Nc1ccc(NC(=O)NCCC2=CCCCC2)c(Cl)c1. The lowest BCUT2D eigenvalue weighted by Crippen LogP contribution is -2.29. The van der Waals surface area contributed by atoms with Gasteiger partial charge in [0, 0.05) is 19.2 Å². The first kappa shape index (κ1) is 17.3. The molecular formula is C17H22ClN3O2. The summed E-state index contributed by atoms with van der Waals surface area (Å²) in [6.45, 7) is 2.04. The average Bonchev–Trinajstić information content (AvgIpc) is 2.50. The minimum Gasteiger partial charge on any atom is -0.338 e. The monoisotopic (exact) mass is 335 g/mol. The third-order valence-electron chi connectivity index (χ3n) is 3.65. The van der Waals surface area contributed by atoms with E-state index in [4.69, 9.17) is 11.6 Å². The predicted octanol–water partition coefficient (Wildman–Crippen LogP) is 4.31.